The summed E-state index contributed by atoms with van der Waals surface area (Å²) in [6.07, 6.45) is 29.1. The van der Waals surface area contributed by atoms with E-state index in [4.69, 9.17) is 33.2 Å². The molecule has 0 atom stereocenters. The lowest BCUT2D eigenvalue weighted by atomic mass is 10.0. The predicted molar refractivity (Wildman–Crippen MR) is 198 cm³/mol. The zero-order chi connectivity index (χ0) is 35.6. The van der Waals surface area contributed by atoms with Crippen molar-refractivity contribution in [3.05, 3.63) is 0 Å². The molecule has 0 aliphatic carbocycles. The molecule has 0 aromatic heterocycles. The minimum Gasteiger partial charge on any atom is -0.463 e. The van der Waals surface area contributed by atoms with E-state index < -0.39 is 0 Å². The quantitative estimate of drug-likeness (QED) is 0.0455. The van der Waals surface area contributed by atoms with Crippen molar-refractivity contribution >= 4 is 11.9 Å². The molecule has 0 N–H and O–H groups in total. The third-order valence-corrected chi connectivity index (χ3v) is 8.44. The van der Waals surface area contributed by atoms with Crippen LogP contribution >= 0.6 is 0 Å². The molecule has 0 rings (SSSR count). The molecule has 0 aromatic rings. The lowest BCUT2D eigenvalue weighted by molar-refractivity contribution is -0.146. The van der Waals surface area contributed by atoms with Crippen LogP contribution in [0.25, 0.3) is 0 Å². The van der Waals surface area contributed by atoms with Crippen LogP contribution in [0.3, 0.4) is 0 Å². The molecule has 9 nitrogen and oxygen atoms in total. The molecular weight excluding hydrogens is 624 g/mol. The van der Waals surface area contributed by atoms with Gasteiger partial charge in [0, 0.05) is 12.8 Å². The van der Waals surface area contributed by atoms with E-state index >= 15 is 0 Å². The average Bonchev–Trinajstić information content (AvgIpc) is 3.10. The van der Waals surface area contributed by atoms with Gasteiger partial charge in [0.2, 0.25) is 0 Å². The fourth-order valence-electron chi connectivity index (χ4n) is 5.42. The summed E-state index contributed by atoms with van der Waals surface area (Å²) in [4.78, 5) is 23.6. The third-order valence-electron chi connectivity index (χ3n) is 8.44. The van der Waals surface area contributed by atoms with Crippen LogP contribution in [0.2, 0.25) is 0 Å². The zero-order valence-corrected chi connectivity index (χ0v) is 32.1. The molecule has 49 heavy (non-hydrogen) atoms. The van der Waals surface area contributed by atoms with Crippen molar-refractivity contribution in [3.63, 3.8) is 0 Å². The van der Waals surface area contributed by atoms with Crippen molar-refractivity contribution in [2.75, 3.05) is 79.3 Å². The Bertz CT molecular complexity index is 662. The smallest absolute Gasteiger partial charge is 0.305 e. The van der Waals surface area contributed by atoms with Gasteiger partial charge < -0.3 is 33.2 Å². The van der Waals surface area contributed by atoms with E-state index in [1.165, 1.54) is 116 Å². The van der Waals surface area contributed by atoms with Crippen LogP contribution in [-0.2, 0) is 42.7 Å². The summed E-state index contributed by atoms with van der Waals surface area (Å²) in [7, 11) is 0. The second-order valence-corrected chi connectivity index (χ2v) is 13.1. The van der Waals surface area contributed by atoms with Crippen molar-refractivity contribution in [3.8, 4) is 0 Å². The van der Waals surface area contributed by atoms with Gasteiger partial charge in [-0.05, 0) is 12.8 Å². The van der Waals surface area contributed by atoms with Crippen molar-refractivity contribution in [1.29, 1.82) is 0 Å². The highest BCUT2D eigenvalue weighted by atomic mass is 16.6. The average molecular weight is 703 g/mol. The first-order chi connectivity index (χ1) is 24.2. The van der Waals surface area contributed by atoms with E-state index in [0.29, 0.717) is 85.5 Å². The van der Waals surface area contributed by atoms with Crippen molar-refractivity contribution in [2.45, 2.75) is 168 Å². The van der Waals surface area contributed by atoms with Gasteiger partial charge in [0.1, 0.15) is 13.2 Å². The maximum atomic E-state index is 11.9. The van der Waals surface area contributed by atoms with Gasteiger partial charge in [-0.25, -0.2) is 0 Å². The Morgan fingerprint density at radius 2 is 0.490 bits per heavy atom. The van der Waals surface area contributed by atoms with Crippen LogP contribution in [0.1, 0.15) is 168 Å². The number of carbonyl (C=O) groups is 2. The molecule has 0 fully saturated rings. The number of ether oxygens (including phenoxy) is 7. The third kappa shape index (κ3) is 42.8. The first kappa shape index (κ1) is 47.7. The van der Waals surface area contributed by atoms with E-state index in [1.807, 2.05) is 0 Å². The van der Waals surface area contributed by atoms with Crippen LogP contribution in [0, 0.1) is 0 Å². The highest BCUT2D eigenvalue weighted by Gasteiger charge is 2.04. The van der Waals surface area contributed by atoms with Crippen molar-refractivity contribution < 1.29 is 42.7 Å². The van der Waals surface area contributed by atoms with Crippen LogP contribution in [-0.4, -0.2) is 91.2 Å². The SMILES string of the molecule is CCCCCCCCCCCCCCCCCC(=O)OCCOCCOCCOCCOCCOCCOC(=O)CCCCCCCCC. The second kappa shape index (κ2) is 42.9. The first-order valence-electron chi connectivity index (χ1n) is 20.4. The minimum absolute atomic E-state index is 0.130. The molecule has 0 bridgehead atoms. The summed E-state index contributed by atoms with van der Waals surface area (Å²) in [5.74, 6) is -0.268. The minimum atomic E-state index is -0.139. The Labute approximate surface area is 301 Å². The Morgan fingerprint density at radius 3 is 0.735 bits per heavy atom. The summed E-state index contributed by atoms with van der Waals surface area (Å²) in [6, 6.07) is 0. The lowest BCUT2D eigenvalue weighted by Gasteiger charge is -2.09. The molecule has 0 heterocycles. The van der Waals surface area contributed by atoms with Gasteiger partial charge in [-0.15, -0.1) is 0 Å². The highest BCUT2D eigenvalue weighted by Crippen LogP contribution is 2.14. The van der Waals surface area contributed by atoms with Crippen LogP contribution in [0.4, 0.5) is 0 Å². The number of esters is 2. The normalized spacial score (nSPS) is 11.3. The molecule has 9 heteroatoms. The molecule has 0 radical (unpaired) electrons. The number of carbonyl (C=O) groups excluding carboxylic acids is 2. The standard InChI is InChI=1S/C40H78O9/c1-3-5-7-9-11-12-13-14-15-16-17-18-20-22-24-26-40(42)49-38-36-47-34-32-45-30-28-43-27-29-44-31-33-46-35-37-48-39(41)25-23-21-19-10-8-6-4-2/h3-38H2,1-2H3. The van der Waals surface area contributed by atoms with Gasteiger partial charge in [-0.3, -0.25) is 9.59 Å². The van der Waals surface area contributed by atoms with E-state index in [1.54, 1.807) is 0 Å². The van der Waals surface area contributed by atoms with Gasteiger partial charge in [0.05, 0.1) is 66.1 Å². The van der Waals surface area contributed by atoms with E-state index in [9.17, 15) is 9.59 Å². The van der Waals surface area contributed by atoms with Gasteiger partial charge in [0.15, 0.2) is 0 Å². The van der Waals surface area contributed by atoms with Gasteiger partial charge in [-0.2, -0.15) is 0 Å². The first-order valence-corrected chi connectivity index (χ1v) is 20.4. The van der Waals surface area contributed by atoms with E-state index in [-0.39, 0.29) is 18.5 Å². The molecule has 0 saturated carbocycles. The second-order valence-electron chi connectivity index (χ2n) is 13.1. The Morgan fingerprint density at radius 1 is 0.286 bits per heavy atom. The number of hydrogen-bond donors (Lipinski definition) is 0. The fraction of sp³-hybridized carbons (Fsp3) is 0.950. The molecule has 0 aliphatic rings. The summed E-state index contributed by atoms with van der Waals surface area (Å²) in [5, 5.41) is 0. The fourth-order valence-corrected chi connectivity index (χ4v) is 5.42. The Balaban J connectivity index is 3.19. The monoisotopic (exact) mass is 703 g/mol. The predicted octanol–water partition coefficient (Wildman–Crippen LogP) is 9.56. The number of rotatable bonds is 42. The highest BCUT2D eigenvalue weighted by molar-refractivity contribution is 5.69. The lowest BCUT2D eigenvalue weighted by Crippen LogP contribution is -2.15. The maximum absolute atomic E-state index is 11.9. The molecule has 0 unspecified atom stereocenters. The largest absolute Gasteiger partial charge is 0.463 e. The van der Waals surface area contributed by atoms with Crippen molar-refractivity contribution in [1.82, 2.24) is 0 Å². The summed E-state index contributed by atoms with van der Waals surface area (Å²) in [6.45, 7) is 9.63. The molecular formula is C40H78O9. The van der Waals surface area contributed by atoms with Crippen molar-refractivity contribution in [2.24, 2.45) is 0 Å². The molecule has 0 amide bonds. The molecule has 0 aliphatic heterocycles. The van der Waals surface area contributed by atoms with Gasteiger partial charge in [0.25, 0.3) is 0 Å². The zero-order valence-electron chi connectivity index (χ0n) is 32.1. The maximum Gasteiger partial charge on any atom is 0.305 e. The van der Waals surface area contributed by atoms with E-state index in [0.717, 1.165) is 25.7 Å². The number of hydrogen-bond acceptors (Lipinski definition) is 9. The van der Waals surface area contributed by atoms with E-state index in [2.05, 4.69) is 13.8 Å². The van der Waals surface area contributed by atoms with Gasteiger partial charge in [-0.1, -0.05) is 142 Å². The van der Waals surface area contributed by atoms with Crippen LogP contribution in [0.15, 0.2) is 0 Å². The van der Waals surface area contributed by atoms with Crippen LogP contribution in [0.5, 0.6) is 0 Å². The molecule has 0 aromatic carbocycles. The molecule has 292 valence electrons. The Kier molecular flexibility index (Phi) is 41.8. The number of unbranched alkanes of at least 4 members (excludes halogenated alkanes) is 20. The van der Waals surface area contributed by atoms with Crippen LogP contribution < -0.4 is 0 Å². The molecule has 0 saturated heterocycles. The topological polar surface area (TPSA) is 98.8 Å². The summed E-state index contributed by atoms with van der Waals surface area (Å²) in [5.41, 5.74) is 0. The summed E-state index contributed by atoms with van der Waals surface area (Å²) >= 11 is 0. The Hall–Kier alpha value is -1.26. The van der Waals surface area contributed by atoms with Gasteiger partial charge >= 0.3 is 11.9 Å². The molecule has 0 spiro atoms. The summed E-state index contributed by atoms with van der Waals surface area (Å²) < 4.78 is 37.8.